The maximum Gasteiger partial charge on any atom is 0.322 e. The third-order valence-electron chi connectivity index (χ3n) is 1.75. The van der Waals surface area contributed by atoms with E-state index in [1.54, 1.807) is 11.3 Å². The van der Waals surface area contributed by atoms with Crippen molar-refractivity contribution in [2.45, 2.75) is 20.0 Å². The minimum Gasteiger partial charge on any atom is -0.461 e. The van der Waals surface area contributed by atoms with Crippen LogP contribution in [0.1, 0.15) is 13.8 Å². The molecular weight excluding hydrogens is 224 g/mol. The van der Waals surface area contributed by atoms with Crippen LogP contribution in [0.2, 0.25) is 0 Å². The third kappa shape index (κ3) is 2.46. The van der Waals surface area contributed by atoms with Crippen molar-refractivity contribution in [3.05, 3.63) is 16.8 Å². The van der Waals surface area contributed by atoms with Crippen LogP contribution in [0.4, 0.5) is 5.95 Å². The summed E-state index contributed by atoms with van der Waals surface area (Å²) in [6, 6.07) is 2.20. The lowest BCUT2D eigenvalue weighted by Gasteiger charge is -2.08. The molecule has 0 aliphatic rings. The summed E-state index contributed by atoms with van der Waals surface area (Å²) < 4.78 is 5.39. The van der Waals surface area contributed by atoms with Gasteiger partial charge in [0.1, 0.15) is 0 Å². The number of aromatic nitrogens is 3. The first-order valence-corrected chi connectivity index (χ1v) is 5.80. The average molecular weight is 236 g/mol. The number of hydrogen-bond donors (Lipinski definition) is 1. The highest BCUT2D eigenvalue weighted by Crippen LogP contribution is 2.20. The quantitative estimate of drug-likeness (QED) is 0.881. The minimum absolute atomic E-state index is 0.0112. The molecular formula is C10H12N4OS. The molecule has 0 atom stereocenters. The second kappa shape index (κ2) is 4.44. The summed E-state index contributed by atoms with van der Waals surface area (Å²) in [6.45, 7) is 3.81. The van der Waals surface area contributed by atoms with Gasteiger partial charge in [-0.1, -0.05) is 0 Å². The maximum atomic E-state index is 5.60. The molecule has 6 heteroatoms. The fourth-order valence-corrected chi connectivity index (χ4v) is 1.79. The van der Waals surface area contributed by atoms with Gasteiger partial charge in [-0.15, -0.1) is 0 Å². The highest BCUT2D eigenvalue weighted by atomic mass is 32.1. The smallest absolute Gasteiger partial charge is 0.322 e. The van der Waals surface area contributed by atoms with Gasteiger partial charge >= 0.3 is 6.01 Å². The Kier molecular flexibility index (Phi) is 3.00. The Bertz CT molecular complexity index is 470. The molecule has 0 bridgehead atoms. The van der Waals surface area contributed by atoms with Gasteiger partial charge in [-0.2, -0.15) is 26.3 Å². The lowest BCUT2D eigenvalue weighted by Crippen LogP contribution is -2.10. The molecule has 0 aliphatic carbocycles. The Morgan fingerprint density at radius 1 is 1.31 bits per heavy atom. The van der Waals surface area contributed by atoms with Gasteiger partial charge in [-0.05, 0) is 25.3 Å². The molecule has 0 spiro atoms. The van der Waals surface area contributed by atoms with Crippen LogP contribution in [0.5, 0.6) is 6.01 Å². The van der Waals surface area contributed by atoms with Crippen LogP contribution < -0.4 is 10.5 Å². The fraction of sp³-hybridized carbons (Fsp3) is 0.300. The summed E-state index contributed by atoms with van der Waals surface area (Å²) in [6.07, 6.45) is 0.0112. The molecule has 2 aromatic heterocycles. The molecule has 0 amide bonds. The van der Waals surface area contributed by atoms with Crippen molar-refractivity contribution in [1.29, 1.82) is 0 Å². The molecule has 2 rings (SSSR count). The molecule has 2 heterocycles. The summed E-state index contributed by atoms with van der Waals surface area (Å²) in [4.78, 5) is 12.2. The van der Waals surface area contributed by atoms with Gasteiger partial charge in [-0.25, -0.2) is 0 Å². The number of rotatable bonds is 3. The number of ether oxygens (including phenoxy) is 1. The van der Waals surface area contributed by atoms with E-state index < -0.39 is 0 Å². The molecule has 2 aromatic rings. The lowest BCUT2D eigenvalue weighted by molar-refractivity contribution is 0.222. The first-order chi connectivity index (χ1) is 7.65. The van der Waals surface area contributed by atoms with Crippen molar-refractivity contribution in [3.63, 3.8) is 0 Å². The predicted octanol–water partition coefficient (Wildman–Crippen LogP) is 1.97. The van der Waals surface area contributed by atoms with E-state index in [0.717, 1.165) is 5.56 Å². The van der Waals surface area contributed by atoms with Gasteiger partial charge < -0.3 is 10.5 Å². The number of thiophene rings is 1. The van der Waals surface area contributed by atoms with Gasteiger partial charge in [0.2, 0.25) is 5.95 Å². The van der Waals surface area contributed by atoms with Gasteiger partial charge in [0, 0.05) is 10.9 Å². The number of anilines is 1. The van der Waals surface area contributed by atoms with Crippen LogP contribution in [0.25, 0.3) is 11.4 Å². The Hall–Kier alpha value is -1.69. The standard InChI is InChI=1S/C10H12N4OS/c1-6(2)15-10-13-8(12-9(11)14-10)7-3-4-16-5-7/h3-6H,1-2H3,(H2,11,12,13,14). The van der Waals surface area contributed by atoms with E-state index in [-0.39, 0.29) is 18.1 Å². The predicted molar refractivity (Wildman–Crippen MR) is 63.3 cm³/mol. The zero-order chi connectivity index (χ0) is 11.5. The van der Waals surface area contributed by atoms with E-state index in [4.69, 9.17) is 10.5 Å². The van der Waals surface area contributed by atoms with Crippen molar-refractivity contribution in [3.8, 4) is 17.4 Å². The Labute approximate surface area is 97.3 Å². The first kappa shape index (κ1) is 10.8. The lowest BCUT2D eigenvalue weighted by atomic mass is 10.3. The fourth-order valence-electron chi connectivity index (χ4n) is 1.16. The summed E-state index contributed by atoms with van der Waals surface area (Å²) in [5.41, 5.74) is 6.53. The van der Waals surface area contributed by atoms with E-state index in [9.17, 15) is 0 Å². The van der Waals surface area contributed by atoms with Gasteiger partial charge in [0.25, 0.3) is 0 Å². The average Bonchev–Trinajstić information content (AvgIpc) is 2.67. The molecule has 0 saturated carbocycles. The molecule has 84 valence electrons. The Morgan fingerprint density at radius 3 is 2.75 bits per heavy atom. The van der Waals surface area contributed by atoms with Crippen molar-refractivity contribution in [2.75, 3.05) is 5.73 Å². The van der Waals surface area contributed by atoms with Crippen molar-refractivity contribution in [1.82, 2.24) is 15.0 Å². The minimum atomic E-state index is 0.0112. The van der Waals surface area contributed by atoms with E-state index in [1.807, 2.05) is 30.7 Å². The van der Waals surface area contributed by atoms with Crippen LogP contribution in [0.3, 0.4) is 0 Å². The van der Waals surface area contributed by atoms with Gasteiger partial charge in [0.15, 0.2) is 5.82 Å². The molecule has 0 unspecified atom stereocenters. The van der Waals surface area contributed by atoms with Crippen LogP contribution >= 0.6 is 11.3 Å². The van der Waals surface area contributed by atoms with Crippen molar-refractivity contribution < 1.29 is 4.74 Å². The molecule has 0 fully saturated rings. The third-order valence-corrected chi connectivity index (χ3v) is 2.44. The molecule has 2 N–H and O–H groups in total. The summed E-state index contributed by atoms with van der Waals surface area (Å²) in [5, 5.41) is 3.91. The first-order valence-electron chi connectivity index (χ1n) is 4.86. The highest BCUT2D eigenvalue weighted by Gasteiger charge is 2.09. The SMILES string of the molecule is CC(C)Oc1nc(N)nc(-c2ccsc2)n1. The molecule has 16 heavy (non-hydrogen) atoms. The van der Waals surface area contributed by atoms with Crippen LogP contribution in [0, 0.1) is 0 Å². The normalized spacial score (nSPS) is 10.7. The second-order valence-corrected chi connectivity index (χ2v) is 4.26. The van der Waals surface area contributed by atoms with Crippen molar-refractivity contribution >= 4 is 17.3 Å². The van der Waals surface area contributed by atoms with Crippen LogP contribution in [-0.2, 0) is 0 Å². The number of nitrogens with zero attached hydrogens (tertiary/aromatic N) is 3. The molecule has 0 aliphatic heterocycles. The van der Waals surface area contributed by atoms with E-state index in [2.05, 4.69) is 15.0 Å². The maximum absolute atomic E-state index is 5.60. The van der Waals surface area contributed by atoms with E-state index in [1.165, 1.54) is 0 Å². The van der Waals surface area contributed by atoms with Gasteiger partial charge in [0.05, 0.1) is 6.10 Å². The zero-order valence-corrected chi connectivity index (χ0v) is 9.86. The van der Waals surface area contributed by atoms with E-state index >= 15 is 0 Å². The zero-order valence-electron chi connectivity index (χ0n) is 9.04. The topological polar surface area (TPSA) is 73.9 Å². The van der Waals surface area contributed by atoms with Crippen LogP contribution in [-0.4, -0.2) is 21.1 Å². The largest absolute Gasteiger partial charge is 0.461 e. The van der Waals surface area contributed by atoms with Crippen LogP contribution in [0.15, 0.2) is 16.8 Å². The molecule has 5 nitrogen and oxygen atoms in total. The number of nitrogen functional groups attached to an aromatic ring is 1. The molecule has 0 aromatic carbocycles. The molecule has 0 saturated heterocycles. The van der Waals surface area contributed by atoms with Crippen molar-refractivity contribution in [2.24, 2.45) is 0 Å². The Morgan fingerprint density at radius 2 is 2.12 bits per heavy atom. The number of hydrogen-bond acceptors (Lipinski definition) is 6. The molecule has 0 radical (unpaired) electrons. The highest BCUT2D eigenvalue weighted by molar-refractivity contribution is 7.08. The van der Waals surface area contributed by atoms with Gasteiger partial charge in [-0.3, -0.25) is 0 Å². The summed E-state index contributed by atoms with van der Waals surface area (Å²) >= 11 is 1.58. The summed E-state index contributed by atoms with van der Waals surface area (Å²) in [5.74, 6) is 0.719. The van der Waals surface area contributed by atoms with E-state index in [0.29, 0.717) is 5.82 Å². The monoisotopic (exact) mass is 236 g/mol. The number of nitrogens with two attached hydrogens (primary N) is 1. The second-order valence-electron chi connectivity index (χ2n) is 3.48. The Balaban J connectivity index is 2.36. The summed E-state index contributed by atoms with van der Waals surface area (Å²) in [7, 11) is 0.